The smallest absolute Gasteiger partial charge is 0.273 e. The van der Waals surface area contributed by atoms with Crippen LogP contribution in [0.4, 0.5) is 17.5 Å². The van der Waals surface area contributed by atoms with Gasteiger partial charge in [0.05, 0.1) is 18.1 Å². The highest BCUT2D eigenvalue weighted by atomic mass is 32.2. The lowest BCUT2D eigenvalue weighted by Crippen LogP contribution is -2.40. The number of rotatable bonds is 7. The fourth-order valence-corrected chi connectivity index (χ4v) is 4.88. The van der Waals surface area contributed by atoms with Crippen LogP contribution in [0.3, 0.4) is 0 Å². The molecular formula is C27H34N8O4S. The zero-order valence-electron chi connectivity index (χ0n) is 22.4. The lowest BCUT2D eigenvalue weighted by Gasteiger charge is -2.27. The number of carbonyl (C=O) groups excluding carboxylic acids is 2. The van der Waals surface area contributed by atoms with Gasteiger partial charge in [0.1, 0.15) is 11.0 Å². The van der Waals surface area contributed by atoms with Crippen molar-refractivity contribution >= 4 is 40.3 Å². The number of hydrogen-bond acceptors (Lipinski definition) is 9. The monoisotopic (exact) mass is 566 g/mol. The number of benzene rings is 2. The van der Waals surface area contributed by atoms with Gasteiger partial charge >= 0.3 is 0 Å². The molecule has 3 heterocycles. The van der Waals surface area contributed by atoms with Gasteiger partial charge in [0.15, 0.2) is 11.5 Å². The van der Waals surface area contributed by atoms with Crippen molar-refractivity contribution in [3.05, 3.63) is 65.9 Å². The summed E-state index contributed by atoms with van der Waals surface area (Å²) < 4.78 is 19.0. The Hall–Kier alpha value is -3.94. The van der Waals surface area contributed by atoms with Crippen LogP contribution in [0, 0.1) is 0 Å². The lowest BCUT2D eigenvalue weighted by molar-refractivity contribution is 0.0303. The van der Waals surface area contributed by atoms with E-state index < -0.39 is 16.9 Å². The highest BCUT2D eigenvalue weighted by Gasteiger charge is 2.21. The van der Waals surface area contributed by atoms with Gasteiger partial charge in [-0.15, -0.1) is 10.2 Å². The first-order valence-corrected chi connectivity index (χ1v) is 14.3. The molecule has 2 fully saturated rings. The van der Waals surface area contributed by atoms with Crippen molar-refractivity contribution in [3.8, 4) is 0 Å². The number of morpholine rings is 1. The minimum absolute atomic E-state index is 0.0239. The van der Waals surface area contributed by atoms with Crippen molar-refractivity contribution in [1.82, 2.24) is 24.8 Å². The van der Waals surface area contributed by atoms with Gasteiger partial charge in [-0.1, -0.05) is 18.2 Å². The molecule has 1 atom stereocenters. The average Bonchev–Trinajstić information content (AvgIpc) is 3.02. The molecule has 12 nitrogen and oxygen atoms in total. The summed E-state index contributed by atoms with van der Waals surface area (Å²) >= 11 is 0. The van der Waals surface area contributed by atoms with Crippen molar-refractivity contribution in [3.63, 3.8) is 0 Å². The van der Waals surface area contributed by atoms with Gasteiger partial charge in [-0.2, -0.15) is 4.98 Å². The molecule has 3 aromatic rings. The predicted octanol–water partition coefficient (Wildman–Crippen LogP) is 2.11. The molecule has 2 aliphatic rings. The number of nitrogens with one attached hydrogen (secondary N) is 2. The fraction of sp³-hybridized carbons (Fsp3) is 0.370. The van der Waals surface area contributed by atoms with E-state index in [0.717, 1.165) is 30.8 Å². The number of amides is 2. The first kappa shape index (κ1) is 29.1. The highest BCUT2D eigenvalue weighted by molar-refractivity contribution is 7.83. The molecule has 2 aliphatic heterocycles. The standard InChI is InChI=1S/C20H25N7O3.C7H9NOS/c21-17(28)16-18(23-20(25-24-16)27-8-2-1-3-9-27)22-15-6-4-14(5-7-15)19(29)26-10-12-30-13-11-26;1-8-10(9)7-5-3-2-4-6-7/h4-7H,1-3,8-13H2,(H2,21,28)(H,22,23,25);2-6,8H,1H3. The number of aromatic nitrogens is 3. The lowest BCUT2D eigenvalue weighted by atomic mass is 10.1. The van der Waals surface area contributed by atoms with Crippen molar-refractivity contribution in [2.24, 2.45) is 5.73 Å². The molecule has 0 saturated carbocycles. The third kappa shape index (κ3) is 7.81. The topological polar surface area (TPSA) is 156 Å². The SMILES string of the molecule is CNS(=O)c1ccccc1.NC(=O)c1nnc(N2CCCCC2)nc1Nc1ccc(C(=O)N2CCOCC2)cc1. The largest absolute Gasteiger partial charge is 0.378 e. The Bertz CT molecular complexity index is 1300. The van der Waals surface area contributed by atoms with Crippen LogP contribution in [-0.2, 0) is 15.7 Å². The minimum Gasteiger partial charge on any atom is -0.378 e. The summed E-state index contributed by atoms with van der Waals surface area (Å²) in [4.78, 5) is 33.5. The second-order valence-corrected chi connectivity index (χ2v) is 10.5. The maximum absolute atomic E-state index is 12.6. The highest BCUT2D eigenvalue weighted by Crippen LogP contribution is 2.22. The Morgan fingerprint density at radius 2 is 1.60 bits per heavy atom. The fourth-order valence-electron chi connectivity index (χ4n) is 4.24. The summed E-state index contributed by atoms with van der Waals surface area (Å²) in [5.41, 5.74) is 6.68. The van der Waals surface area contributed by atoms with E-state index in [0.29, 0.717) is 43.5 Å². The molecule has 4 N–H and O–H groups in total. The van der Waals surface area contributed by atoms with E-state index in [1.54, 1.807) is 36.2 Å². The molecule has 0 bridgehead atoms. The van der Waals surface area contributed by atoms with Crippen LogP contribution in [0.2, 0.25) is 0 Å². The van der Waals surface area contributed by atoms with Gasteiger partial charge in [0.25, 0.3) is 11.8 Å². The summed E-state index contributed by atoms with van der Waals surface area (Å²) in [5.74, 6) is -0.00721. The van der Waals surface area contributed by atoms with Gasteiger partial charge in [-0.05, 0) is 62.7 Å². The van der Waals surface area contributed by atoms with Crippen LogP contribution in [0.5, 0.6) is 0 Å². The summed E-state index contributed by atoms with van der Waals surface area (Å²) in [5, 5.41) is 11.2. The number of nitrogens with zero attached hydrogens (tertiary/aromatic N) is 5. The normalized spacial score (nSPS) is 15.9. The molecule has 1 unspecified atom stereocenters. The number of anilines is 3. The van der Waals surface area contributed by atoms with E-state index in [1.165, 1.54) is 6.42 Å². The summed E-state index contributed by atoms with van der Waals surface area (Å²) in [6.07, 6.45) is 3.33. The number of ether oxygens (including phenoxy) is 1. The molecule has 2 amide bonds. The third-order valence-electron chi connectivity index (χ3n) is 6.38. The molecular weight excluding hydrogens is 532 g/mol. The Kier molecular flexibility index (Phi) is 10.5. The van der Waals surface area contributed by atoms with Gasteiger partial charge in [0, 0.05) is 37.4 Å². The maximum atomic E-state index is 12.6. The van der Waals surface area contributed by atoms with Crippen molar-refractivity contribution in [2.45, 2.75) is 24.2 Å². The quantitative estimate of drug-likeness (QED) is 0.390. The van der Waals surface area contributed by atoms with Crippen LogP contribution in [0.1, 0.15) is 40.1 Å². The Labute approximate surface area is 235 Å². The number of carbonyl (C=O) groups is 2. The molecule has 2 aromatic carbocycles. The predicted molar refractivity (Wildman–Crippen MR) is 153 cm³/mol. The van der Waals surface area contributed by atoms with Gasteiger partial charge in [0.2, 0.25) is 5.95 Å². The van der Waals surface area contributed by atoms with Crippen LogP contribution in [-0.4, -0.2) is 82.5 Å². The van der Waals surface area contributed by atoms with E-state index in [2.05, 4.69) is 30.1 Å². The van der Waals surface area contributed by atoms with Crippen molar-refractivity contribution < 1.29 is 18.5 Å². The van der Waals surface area contributed by atoms with Crippen LogP contribution in [0.25, 0.3) is 0 Å². The molecule has 0 aliphatic carbocycles. The zero-order valence-corrected chi connectivity index (χ0v) is 23.2. The van der Waals surface area contributed by atoms with E-state index in [1.807, 2.05) is 30.3 Å². The molecule has 0 spiro atoms. The molecule has 0 radical (unpaired) electrons. The van der Waals surface area contributed by atoms with Crippen LogP contribution in [0.15, 0.2) is 59.5 Å². The zero-order chi connectivity index (χ0) is 28.3. The number of hydrogen-bond donors (Lipinski definition) is 3. The molecule has 5 rings (SSSR count). The van der Waals surface area contributed by atoms with Crippen LogP contribution < -0.4 is 20.7 Å². The Morgan fingerprint density at radius 3 is 2.23 bits per heavy atom. The van der Waals surface area contributed by atoms with E-state index in [9.17, 15) is 13.8 Å². The second kappa shape index (κ2) is 14.4. The minimum atomic E-state index is -1.04. The van der Waals surface area contributed by atoms with E-state index >= 15 is 0 Å². The van der Waals surface area contributed by atoms with E-state index in [4.69, 9.17) is 10.5 Å². The Balaban J connectivity index is 0.000000312. The van der Waals surface area contributed by atoms with Crippen molar-refractivity contribution in [1.29, 1.82) is 0 Å². The first-order chi connectivity index (χ1) is 19.5. The summed E-state index contributed by atoms with van der Waals surface area (Å²) in [7, 11) is 0.629. The number of primary amides is 1. The van der Waals surface area contributed by atoms with Gasteiger partial charge < -0.3 is 25.6 Å². The summed E-state index contributed by atoms with van der Waals surface area (Å²) in [6, 6.07) is 16.3. The third-order valence-corrected chi connectivity index (χ3v) is 7.45. The van der Waals surface area contributed by atoms with E-state index in [-0.39, 0.29) is 17.4 Å². The first-order valence-electron chi connectivity index (χ1n) is 13.1. The number of piperidine rings is 1. The van der Waals surface area contributed by atoms with Gasteiger partial charge in [-0.3, -0.25) is 9.59 Å². The molecule has 1 aromatic heterocycles. The molecule has 40 heavy (non-hydrogen) atoms. The maximum Gasteiger partial charge on any atom is 0.273 e. The van der Waals surface area contributed by atoms with Crippen molar-refractivity contribution in [2.75, 3.05) is 56.7 Å². The second-order valence-electron chi connectivity index (χ2n) is 9.11. The average molecular weight is 567 g/mol. The Morgan fingerprint density at radius 1 is 0.925 bits per heavy atom. The molecule has 212 valence electrons. The number of nitrogens with two attached hydrogens (primary N) is 1. The molecule has 13 heteroatoms. The van der Waals surface area contributed by atoms with Gasteiger partial charge in [-0.25, -0.2) is 8.93 Å². The molecule has 2 saturated heterocycles. The summed E-state index contributed by atoms with van der Waals surface area (Å²) in [6.45, 7) is 4.01. The van der Waals surface area contributed by atoms with Crippen LogP contribution >= 0.6 is 0 Å².